The highest BCUT2D eigenvalue weighted by Crippen LogP contribution is 2.30. The van der Waals surface area contributed by atoms with Crippen LogP contribution in [0.2, 0.25) is 0 Å². The number of rotatable bonds is 5. The molecule has 1 aliphatic carbocycles. The van der Waals surface area contributed by atoms with Crippen molar-refractivity contribution >= 4 is 17.6 Å². The van der Waals surface area contributed by atoms with Gasteiger partial charge in [0.05, 0.1) is 12.8 Å². The summed E-state index contributed by atoms with van der Waals surface area (Å²) in [6, 6.07) is 7.58. The Kier molecular flexibility index (Phi) is 3.68. The number of carbonyl (C=O) groups excluding carboxylic acids is 2. The van der Waals surface area contributed by atoms with Crippen LogP contribution in [0.4, 0.5) is 10.5 Å². The standard InChI is InChI=1S/C15H19N3O3/c1-21-13-5-3-2-4-12(13)18-9-8-17(15(18)20)10-14(19)16-11-6-7-11/h2-5,11H,6-10H2,1H3,(H,16,19). The average molecular weight is 289 g/mol. The van der Waals surface area contributed by atoms with E-state index in [9.17, 15) is 9.59 Å². The van der Waals surface area contributed by atoms with Gasteiger partial charge in [-0.05, 0) is 25.0 Å². The molecule has 0 atom stereocenters. The molecule has 1 N–H and O–H groups in total. The van der Waals surface area contributed by atoms with Crippen LogP contribution in [0, 0.1) is 0 Å². The van der Waals surface area contributed by atoms with Crippen molar-refractivity contribution in [2.24, 2.45) is 0 Å². The number of hydrogen-bond donors (Lipinski definition) is 1. The first-order chi connectivity index (χ1) is 10.2. The highest BCUT2D eigenvalue weighted by molar-refractivity contribution is 5.97. The minimum Gasteiger partial charge on any atom is -0.495 e. The third-order valence-corrected chi connectivity index (χ3v) is 3.75. The minimum absolute atomic E-state index is 0.0762. The van der Waals surface area contributed by atoms with Crippen LogP contribution in [0.1, 0.15) is 12.8 Å². The molecule has 0 spiro atoms. The van der Waals surface area contributed by atoms with Gasteiger partial charge in [0.2, 0.25) is 5.91 Å². The first-order valence-corrected chi connectivity index (χ1v) is 7.18. The van der Waals surface area contributed by atoms with E-state index < -0.39 is 0 Å². The Morgan fingerprint density at radius 2 is 2.10 bits per heavy atom. The number of ether oxygens (including phenoxy) is 1. The van der Waals surface area contributed by atoms with Gasteiger partial charge in [0.15, 0.2) is 0 Å². The second-order valence-corrected chi connectivity index (χ2v) is 5.37. The second-order valence-electron chi connectivity index (χ2n) is 5.37. The van der Waals surface area contributed by atoms with E-state index in [0.717, 1.165) is 18.5 Å². The van der Waals surface area contributed by atoms with Gasteiger partial charge in [0.1, 0.15) is 12.3 Å². The van der Waals surface area contributed by atoms with Crippen molar-refractivity contribution in [3.05, 3.63) is 24.3 Å². The zero-order valence-corrected chi connectivity index (χ0v) is 12.0. The molecule has 1 saturated heterocycles. The molecule has 1 aromatic carbocycles. The SMILES string of the molecule is COc1ccccc1N1CCN(CC(=O)NC2CC2)C1=O. The number of carbonyl (C=O) groups is 2. The molecule has 0 unspecified atom stereocenters. The summed E-state index contributed by atoms with van der Waals surface area (Å²) < 4.78 is 5.29. The third-order valence-electron chi connectivity index (χ3n) is 3.75. The van der Waals surface area contributed by atoms with Crippen LogP contribution in [0.5, 0.6) is 5.75 Å². The van der Waals surface area contributed by atoms with Crippen LogP contribution in [-0.2, 0) is 4.79 Å². The zero-order chi connectivity index (χ0) is 14.8. The average Bonchev–Trinajstić information content (AvgIpc) is 3.23. The Morgan fingerprint density at radius 1 is 1.33 bits per heavy atom. The fourth-order valence-electron chi connectivity index (χ4n) is 2.48. The van der Waals surface area contributed by atoms with Gasteiger partial charge in [-0.2, -0.15) is 0 Å². The molecule has 21 heavy (non-hydrogen) atoms. The van der Waals surface area contributed by atoms with E-state index in [-0.39, 0.29) is 18.5 Å². The lowest BCUT2D eigenvalue weighted by Crippen LogP contribution is -2.40. The first kappa shape index (κ1) is 13.7. The Labute approximate surface area is 123 Å². The fraction of sp³-hybridized carbons (Fsp3) is 0.467. The van der Waals surface area contributed by atoms with Crippen molar-refractivity contribution in [1.82, 2.24) is 10.2 Å². The van der Waals surface area contributed by atoms with E-state index in [1.54, 1.807) is 16.9 Å². The van der Waals surface area contributed by atoms with Crippen molar-refractivity contribution in [2.75, 3.05) is 31.6 Å². The van der Waals surface area contributed by atoms with Crippen LogP contribution in [0.3, 0.4) is 0 Å². The summed E-state index contributed by atoms with van der Waals surface area (Å²) in [7, 11) is 1.58. The smallest absolute Gasteiger partial charge is 0.325 e. The molecular weight excluding hydrogens is 270 g/mol. The number of para-hydroxylation sites is 2. The fourth-order valence-corrected chi connectivity index (χ4v) is 2.48. The molecule has 1 aromatic rings. The predicted molar refractivity (Wildman–Crippen MR) is 78.5 cm³/mol. The second kappa shape index (κ2) is 5.63. The summed E-state index contributed by atoms with van der Waals surface area (Å²) in [6.07, 6.45) is 2.10. The van der Waals surface area contributed by atoms with Crippen LogP contribution in [-0.4, -0.2) is 49.6 Å². The summed E-state index contributed by atoms with van der Waals surface area (Å²) in [4.78, 5) is 27.5. The van der Waals surface area contributed by atoms with Gasteiger partial charge in [-0.25, -0.2) is 4.79 Å². The van der Waals surface area contributed by atoms with E-state index >= 15 is 0 Å². The minimum atomic E-state index is -0.148. The van der Waals surface area contributed by atoms with Gasteiger partial charge in [-0.3, -0.25) is 9.69 Å². The topological polar surface area (TPSA) is 61.9 Å². The van der Waals surface area contributed by atoms with E-state index in [4.69, 9.17) is 4.74 Å². The summed E-state index contributed by atoms with van der Waals surface area (Å²) in [6.45, 7) is 1.24. The number of nitrogens with one attached hydrogen (secondary N) is 1. The molecule has 6 nitrogen and oxygen atoms in total. The van der Waals surface area contributed by atoms with Crippen molar-refractivity contribution in [2.45, 2.75) is 18.9 Å². The van der Waals surface area contributed by atoms with Gasteiger partial charge >= 0.3 is 6.03 Å². The quantitative estimate of drug-likeness (QED) is 0.886. The van der Waals surface area contributed by atoms with Gasteiger partial charge < -0.3 is 15.0 Å². The van der Waals surface area contributed by atoms with Crippen molar-refractivity contribution in [3.8, 4) is 5.75 Å². The summed E-state index contributed by atoms with van der Waals surface area (Å²) in [5.41, 5.74) is 0.745. The maximum atomic E-state index is 12.4. The number of nitrogens with zero attached hydrogens (tertiary/aromatic N) is 2. The van der Waals surface area contributed by atoms with E-state index in [1.165, 1.54) is 0 Å². The summed E-state index contributed by atoms with van der Waals surface area (Å²) in [5, 5.41) is 2.90. The lowest BCUT2D eigenvalue weighted by Gasteiger charge is -2.20. The molecule has 3 rings (SSSR count). The van der Waals surface area contributed by atoms with Crippen LogP contribution < -0.4 is 15.0 Å². The number of benzene rings is 1. The van der Waals surface area contributed by atoms with E-state index in [2.05, 4.69) is 5.32 Å². The molecule has 1 heterocycles. The maximum absolute atomic E-state index is 12.4. The number of hydrogen-bond acceptors (Lipinski definition) is 3. The predicted octanol–water partition coefficient (Wildman–Crippen LogP) is 1.22. The Morgan fingerprint density at radius 3 is 2.81 bits per heavy atom. The van der Waals surface area contributed by atoms with Gasteiger partial charge in [0, 0.05) is 19.1 Å². The van der Waals surface area contributed by atoms with Gasteiger partial charge in [-0.15, -0.1) is 0 Å². The highest BCUT2D eigenvalue weighted by atomic mass is 16.5. The molecule has 1 saturated carbocycles. The van der Waals surface area contributed by atoms with Crippen LogP contribution >= 0.6 is 0 Å². The molecule has 0 bridgehead atoms. The lowest BCUT2D eigenvalue weighted by atomic mass is 10.2. The van der Waals surface area contributed by atoms with Gasteiger partial charge in [0.25, 0.3) is 0 Å². The Hall–Kier alpha value is -2.24. The normalized spacial score (nSPS) is 18.0. The number of anilines is 1. The summed E-state index contributed by atoms with van der Waals surface area (Å²) >= 11 is 0. The largest absolute Gasteiger partial charge is 0.495 e. The molecule has 1 aliphatic heterocycles. The molecule has 2 aliphatic rings. The number of methoxy groups -OCH3 is 1. The summed E-state index contributed by atoms with van der Waals surface area (Å²) in [5.74, 6) is 0.586. The molecule has 112 valence electrons. The van der Waals surface area contributed by atoms with Crippen molar-refractivity contribution in [3.63, 3.8) is 0 Å². The Balaban J connectivity index is 1.66. The highest BCUT2D eigenvalue weighted by Gasteiger charge is 2.33. The zero-order valence-electron chi connectivity index (χ0n) is 12.0. The number of amides is 3. The monoisotopic (exact) mass is 289 g/mol. The molecular formula is C15H19N3O3. The Bertz CT molecular complexity index is 557. The number of urea groups is 1. The maximum Gasteiger partial charge on any atom is 0.325 e. The van der Waals surface area contributed by atoms with Crippen LogP contribution in [0.25, 0.3) is 0 Å². The molecule has 6 heteroatoms. The van der Waals surface area contributed by atoms with E-state index in [0.29, 0.717) is 24.9 Å². The van der Waals surface area contributed by atoms with Crippen molar-refractivity contribution < 1.29 is 14.3 Å². The van der Waals surface area contributed by atoms with E-state index in [1.807, 2.05) is 24.3 Å². The van der Waals surface area contributed by atoms with Crippen LogP contribution in [0.15, 0.2) is 24.3 Å². The lowest BCUT2D eigenvalue weighted by molar-refractivity contribution is -0.121. The molecule has 0 radical (unpaired) electrons. The molecule has 2 fully saturated rings. The molecule has 0 aromatic heterocycles. The van der Waals surface area contributed by atoms with Gasteiger partial charge in [-0.1, -0.05) is 12.1 Å². The molecule has 3 amide bonds. The third kappa shape index (κ3) is 2.94. The van der Waals surface area contributed by atoms with Crippen molar-refractivity contribution in [1.29, 1.82) is 0 Å². The first-order valence-electron chi connectivity index (χ1n) is 7.18.